The number of aromatic nitrogens is 2. The van der Waals surface area contributed by atoms with E-state index in [1.165, 1.54) is 10.6 Å². The molecule has 1 aromatic heterocycles. The van der Waals surface area contributed by atoms with E-state index < -0.39 is 24.1 Å². The number of ether oxygens (including phenoxy) is 1. The van der Waals surface area contributed by atoms with Crippen molar-refractivity contribution in [2.24, 2.45) is 0 Å². The molecule has 0 radical (unpaired) electrons. The van der Waals surface area contributed by atoms with Crippen LogP contribution in [0, 0.1) is 18.6 Å². The minimum Gasteiger partial charge on any atom is -0.472 e. The number of hydrogen-bond acceptors (Lipinski definition) is 5. The molecular weight excluding hydrogens is 488 g/mol. The number of halogens is 3. The third kappa shape index (κ3) is 5.77. The molecule has 0 unspecified atom stereocenters. The standard InChI is InChI=1S/C22H20BrF2N3O4/c1-13-27-21(32-12-16-5-6-17(24)8-18(16)25)20(23)22(31)28(13)10-15-4-2-3-14(7-15)9-26-19(30)11-29/h2-8,29H,9-12H2,1H3,(H,26,30). The van der Waals surface area contributed by atoms with Gasteiger partial charge in [-0.05, 0) is 46.1 Å². The molecule has 168 valence electrons. The topological polar surface area (TPSA) is 93.5 Å². The predicted molar refractivity (Wildman–Crippen MR) is 116 cm³/mol. The number of benzene rings is 2. The molecule has 10 heteroatoms. The number of aliphatic hydroxyl groups excluding tert-OH is 1. The average molecular weight is 508 g/mol. The van der Waals surface area contributed by atoms with Gasteiger partial charge in [0.2, 0.25) is 11.8 Å². The fourth-order valence-electron chi connectivity index (χ4n) is 2.96. The van der Waals surface area contributed by atoms with Crippen LogP contribution >= 0.6 is 15.9 Å². The average Bonchev–Trinajstić information content (AvgIpc) is 2.77. The first-order chi connectivity index (χ1) is 15.3. The Kier molecular flexibility index (Phi) is 7.70. The van der Waals surface area contributed by atoms with Crippen LogP contribution < -0.4 is 15.6 Å². The number of aliphatic hydroxyl groups is 1. The van der Waals surface area contributed by atoms with E-state index in [9.17, 15) is 18.4 Å². The highest BCUT2D eigenvalue weighted by atomic mass is 79.9. The van der Waals surface area contributed by atoms with Crippen LogP contribution in [0.2, 0.25) is 0 Å². The van der Waals surface area contributed by atoms with E-state index in [-0.39, 0.29) is 41.2 Å². The van der Waals surface area contributed by atoms with E-state index >= 15 is 0 Å². The van der Waals surface area contributed by atoms with E-state index in [0.717, 1.165) is 23.3 Å². The zero-order valence-corrected chi connectivity index (χ0v) is 18.7. The number of carbonyl (C=O) groups is 1. The van der Waals surface area contributed by atoms with Gasteiger partial charge in [0.1, 0.15) is 35.1 Å². The molecule has 3 aromatic rings. The Bertz CT molecular complexity index is 1200. The van der Waals surface area contributed by atoms with Crippen molar-refractivity contribution in [3.8, 4) is 5.88 Å². The lowest BCUT2D eigenvalue weighted by Crippen LogP contribution is -2.26. The van der Waals surface area contributed by atoms with Crippen LogP contribution in [-0.4, -0.2) is 27.2 Å². The van der Waals surface area contributed by atoms with Crippen LogP contribution in [0.1, 0.15) is 22.5 Å². The van der Waals surface area contributed by atoms with Gasteiger partial charge in [-0.1, -0.05) is 24.3 Å². The van der Waals surface area contributed by atoms with Crippen molar-refractivity contribution in [1.29, 1.82) is 0 Å². The molecule has 1 amide bonds. The van der Waals surface area contributed by atoms with Crippen molar-refractivity contribution in [3.63, 3.8) is 0 Å². The van der Waals surface area contributed by atoms with Gasteiger partial charge in [-0.25, -0.2) is 8.78 Å². The van der Waals surface area contributed by atoms with Gasteiger partial charge in [0, 0.05) is 18.2 Å². The maximum atomic E-state index is 13.8. The summed E-state index contributed by atoms with van der Waals surface area (Å²) < 4.78 is 33.9. The largest absolute Gasteiger partial charge is 0.472 e. The number of amides is 1. The molecule has 0 spiro atoms. The zero-order chi connectivity index (χ0) is 23.3. The molecule has 0 saturated carbocycles. The van der Waals surface area contributed by atoms with Gasteiger partial charge in [-0.15, -0.1) is 0 Å². The Morgan fingerprint density at radius 2 is 1.97 bits per heavy atom. The van der Waals surface area contributed by atoms with Crippen molar-refractivity contribution in [3.05, 3.63) is 91.4 Å². The first kappa shape index (κ1) is 23.6. The van der Waals surface area contributed by atoms with Gasteiger partial charge in [0.05, 0.1) is 6.54 Å². The molecule has 0 atom stereocenters. The highest BCUT2D eigenvalue weighted by Gasteiger charge is 2.15. The van der Waals surface area contributed by atoms with Crippen molar-refractivity contribution >= 4 is 21.8 Å². The van der Waals surface area contributed by atoms with Gasteiger partial charge < -0.3 is 15.2 Å². The molecule has 2 N–H and O–H groups in total. The molecule has 0 bridgehead atoms. The van der Waals surface area contributed by atoms with Crippen LogP contribution in [0.5, 0.6) is 5.88 Å². The summed E-state index contributed by atoms with van der Waals surface area (Å²) in [7, 11) is 0. The Morgan fingerprint density at radius 3 is 2.69 bits per heavy atom. The summed E-state index contributed by atoms with van der Waals surface area (Å²) in [5.74, 6) is -1.53. The van der Waals surface area contributed by atoms with E-state index in [1.54, 1.807) is 13.0 Å². The van der Waals surface area contributed by atoms with Crippen LogP contribution in [0.3, 0.4) is 0 Å². The molecule has 1 heterocycles. The molecular formula is C22H20BrF2N3O4. The summed E-state index contributed by atoms with van der Waals surface area (Å²) in [5.41, 5.74) is 1.36. The molecule has 0 aliphatic heterocycles. The lowest BCUT2D eigenvalue weighted by molar-refractivity contribution is -0.123. The zero-order valence-electron chi connectivity index (χ0n) is 17.1. The number of aryl methyl sites for hydroxylation is 1. The maximum absolute atomic E-state index is 13.8. The van der Waals surface area contributed by atoms with Crippen LogP contribution in [0.4, 0.5) is 8.78 Å². The Balaban J connectivity index is 1.77. The van der Waals surface area contributed by atoms with Crippen LogP contribution in [0.25, 0.3) is 0 Å². The lowest BCUT2D eigenvalue weighted by Gasteiger charge is -2.14. The minimum atomic E-state index is -0.749. The maximum Gasteiger partial charge on any atom is 0.272 e. The number of nitrogens with one attached hydrogen (secondary N) is 1. The Hall–Kier alpha value is -3.11. The second kappa shape index (κ2) is 10.5. The summed E-state index contributed by atoms with van der Waals surface area (Å²) in [6, 6.07) is 10.4. The second-order valence-corrected chi connectivity index (χ2v) is 7.74. The van der Waals surface area contributed by atoms with Gasteiger partial charge in [-0.2, -0.15) is 4.98 Å². The van der Waals surface area contributed by atoms with Crippen molar-refractivity contribution < 1.29 is 23.4 Å². The minimum absolute atomic E-state index is 0.00735. The van der Waals surface area contributed by atoms with E-state index in [0.29, 0.717) is 5.82 Å². The number of hydrogen-bond donors (Lipinski definition) is 2. The summed E-state index contributed by atoms with van der Waals surface area (Å²) in [6.07, 6.45) is 0. The molecule has 3 rings (SSSR count). The monoisotopic (exact) mass is 507 g/mol. The Labute approximate surface area is 190 Å². The molecule has 0 aliphatic carbocycles. The first-order valence-electron chi connectivity index (χ1n) is 9.57. The molecule has 32 heavy (non-hydrogen) atoms. The number of nitrogens with zero attached hydrogens (tertiary/aromatic N) is 2. The fourth-order valence-corrected chi connectivity index (χ4v) is 3.37. The molecule has 0 saturated heterocycles. The molecule has 7 nitrogen and oxygen atoms in total. The van der Waals surface area contributed by atoms with Crippen molar-refractivity contribution in [1.82, 2.24) is 14.9 Å². The quantitative estimate of drug-likeness (QED) is 0.489. The smallest absolute Gasteiger partial charge is 0.272 e. The molecule has 0 fully saturated rings. The highest BCUT2D eigenvalue weighted by molar-refractivity contribution is 9.10. The van der Waals surface area contributed by atoms with E-state index in [4.69, 9.17) is 9.84 Å². The third-order valence-corrected chi connectivity index (χ3v) is 5.30. The SMILES string of the molecule is Cc1nc(OCc2ccc(F)cc2F)c(Br)c(=O)n1Cc1cccc(CNC(=O)CO)c1. The summed E-state index contributed by atoms with van der Waals surface area (Å²) >= 11 is 3.20. The second-order valence-electron chi connectivity index (χ2n) is 6.95. The van der Waals surface area contributed by atoms with Gasteiger partial charge in [-0.3, -0.25) is 14.2 Å². The van der Waals surface area contributed by atoms with Crippen LogP contribution in [-0.2, 0) is 24.5 Å². The van der Waals surface area contributed by atoms with E-state index in [2.05, 4.69) is 26.2 Å². The van der Waals surface area contributed by atoms with Gasteiger partial charge >= 0.3 is 0 Å². The third-order valence-electron chi connectivity index (χ3n) is 4.62. The Morgan fingerprint density at radius 1 is 1.22 bits per heavy atom. The lowest BCUT2D eigenvalue weighted by atomic mass is 10.1. The number of rotatable bonds is 8. The normalized spacial score (nSPS) is 10.8. The molecule has 0 aliphatic rings. The van der Waals surface area contributed by atoms with Gasteiger partial charge in [0.15, 0.2) is 0 Å². The van der Waals surface area contributed by atoms with Gasteiger partial charge in [0.25, 0.3) is 5.56 Å². The first-order valence-corrected chi connectivity index (χ1v) is 10.4. The molecule has 2 aromatic carbocycles. The van der Waals surface area contributed by atoms with Crippen molar-refractivity contribution in [2.75, 3.05) is 6.61 Å². The van der Waals surface area contributed by atoms with E-state index in [1.807, 2.05) is 18.2 Å². The van der Waals surface area contributed by atoms with Crippen molar-refractivity contribution in [2.45, 2.75) is 26.6 Å². The highest BCUT2D eigenvalue weighted by Crippen LogP contribution is 2.21. The summed E-state index contributed by atoms with van der Waals surface area (Å²) in [6.45, 7) is 1.31. The fraction of sp³-hybridized carbons (Fsp3) is 0.227. The van der Waals surface area contributed by atoms with Crippen LogP contribution in [0.15, 0.2) is 51.7 Å². The summed E-state index contributed by atoms with van der Waals surface area (Å²) in [4.78, 5) is 28.4. The number of carbonyl (C=O) groups excluding carboxylic acids is 1. The summed E-state index contributed by atoms with van der Waals surface area (Å²) in [5, 5.41) is 11.4. The predicted octanol–water partition coefficient (Wildman–Crippen LogP) is 2.83.